The molecule has 1 atom stereocenters. The molecule has 0 bridgehead atoms. The van der Waals surface area contributed by atoms with E-state index in [-0.39, 0.29) is 35.6 Å². The van der Waals surface area contributed by atoms with Crippen molar-refractivity contribution in [2.45, 2.75) is 65.5 Å². The van der Waals surface area contributed by atoms with Crippen molar-refractivity contribution in [3.63, 3.8) is 0 Å². The van der Waals surface area contributed by atoms with Gasteiger partial charge in [0.1, 0.15) is 11.4 Å². The van der Waals surface area contributed by atoms with Crippen molar-refractivity contribution in [2.75, 3.05) is 32.7 Å². The summed E-state index contributed by atoms with van der Waals surface area (Å²) in [5, 5.41) is 7.04. The molecule has 0 spiro atoms. The molecule has 0 aliphatic carbocycles. The molecular weight excluding hydrogens is 463 g/mol. The Bertz CT molecular complexity index is 602. The fourth-order valence-corrected chi connectivity index (χ4v) is 3.59. The summed E-state index contributed by atoms with van der Waals surface area (Å²) in [6.45, 7) is 16.0. The van der Waals surface area contributed by atoms with Crippen molar-refractivity contribution in [3.8, 4) is 5.75 Å². The number of halogens is 1. The van der Waals surface area contributed by atoms with Crippen LogP contribution in [0.25, 0.3) is 0 Å². The van der Waals surface area contributed by atoms with Crippen LogP contribution in [0.15, 0.2) is 29.3 Å². The lowest BCUT2D eigenvalue weighted by atomic mass is 9.90. The normalized spacial score (nSPS) is 18.1. The van der Waals surface area contributed by atoms with Crippen molar-refractivity contribution >= 4 is 29.9 Å². The van der Waals surface area contributed by atoms with E-state index in [0.29, 0.717) is 0 Å². The summed E-state index contributed by atoms with van der Waals surface area (Å²) in [5.41, 5.74) is 1.02. The molecule has 1 aromatic rings. The Morgan fingerprint density at radius 3 is 2.57 bits per heavy atom. The van der Waals surface area contributed by atoms with Crippen molar-refractivity contribution in [3.05, 3.63) is 29.8 Å². The van der Waals surface area contributed by atoms with E-state index < -0.39 is 0 Å². The molecule has 1 unspecified atom stereocenters. The summed E-state index contributed by atoms with van der Waals surface area (Å²) in [7, 11) is 0. The average Bonchev–Trinajstić information content (AvgIpc) is 2.64. The van der Waals surface area contributed by atoms with Gasteiger partial charge in [0.2, 0.25) is 0 Å². The number of nitrogens with one attached hydrogen (secondary N) is 2. The fourth-order valence-electron chi connectivity index (χ4n) is 3.59. The first-order valence-corrected chi connectivity index (χ1v) is 10.5. The number of hydrogen-bond donors (Lipinski definition) is 2. The van der Waals surface area contributed by atoms with Gasteiger partial charge in [-0.05, 0) is 59.3 Å². The van der Waals surface area contributed by atoms with Crippen LogP contribution in [-0.2, 0) is 0 Å². The Labute approximate surface area is 188 Å². The van der Waals surface area contributed by atoms with Crippen LogP contribution in [0.1, 0.15) is 65.5 Å². The zero-order valence-corrected chi connectivity index (χ0v) is 20.6. The third-order valence-corrected chi connectivity index (χ3v) is 5.08. The molecule has 160 valence electrons. The number of unbranched alkanes of at least 4 members (excludes halogenated alkanes) is 1. The minimum absolute atomic E-state index is 0. The molecule has 0 saturated carbocycles. The van der Waals surface area contributed by atoms with Gasteiger partial charge >= 0.3 is 0 Å². The van der Waals surface area contributed by atoms with E-state index in [1.165, 1.54) is 12.0 Å². The first kappa shape index (κ1) is 25.0. The second-order valence-electron chi connectivity index (χ2n) is 7.80. The molecular formula is C22H39IN4O. The van der Waals surface area contributed by atoms with Crippen molar-refractivity contribution in [2.24, 2.45) is 4.99 Å². The fraction of sp³-hybridized carbons (Fsp3) is 0.682. The van der Waals surface area contributed by atoms with Crippen LogP contribution in [0.4, 0.5) is 0 Å². The molecule has 0 amide bonds. The largest absolute Gasteiger partial charge is 0.487 e. The van der Waals surface area contributed by atoms with E-state index in [1.54, 1.807) is 0 Å². The zero-order valence-electron chi connectivity index (χ0n) is 18.3. The number of guanidine groups is 1. The van der Waals surface area contributed by atoms with Crippen LogP contribution in [0.2, 0.25) is 0 Å². The van der Waals surface area contributed by atoms with Crippen LogP contribution in [-0.4, -0.2) is 49.2 Å². The SMILES string of the molecule is CCNC(=NCCCCN(CC)CC)NC1CC(C)(C)Oc2ccccc21.I. The van der Waals surface area contributed by atoms with Gasteiger partial charge in [0.05, 0.1) is 6.04 Å². The molecule has 1 aromatic carbocycles. The van der Waals surface area contributed by atoms with Gasteiger partial charge < -0.3 is 20.3 Å². The summed E-state index contributed by atoms with van der Waals surface area (Å²) in [4.78, 5) is 7.28. The lowest BCUT2D eigenvalue weighted by Gasteiger charge is -2.38. The number of nitrogens with zero attached hydrogens (tertiary/aromatic N) is 2. The highest BCUT2D eigenvalue weighted by atomic mass is 127. The lowest BCUT2D eigenvalue weighted by molar-refractivity contribution is 0.0694. The molecule has 0 radical (unpaired) electrons. The van der Waals surface area contributed by atoms with E-state index in [2.05, 4.69) is 68.4 Å². The highest BCUT2D eigenvalue weighted by Gasteiger charge is 2.33. The number of rotatable bonds is 9. The Hall–Kier alpha value is -1.02. The van der Waals surface area contributed by atoms with Gasteiger partial charge in [-0.2, -0.15) is 0 Å². The monoisotopic (exact) mass is 502 g/mol. The smallest absolute Gasteiger partial charge is 0.191 e. The second-order valence-corrected chi connectivity index (χ2v) is 7.80. The second kappa shape index (κ2) is 12.5. The van der Waals surface area contributed by atoms with E-state index in [1.807, 2.05) is 6.07 Å². The summed E-state index contributed by atoms with van der Waals surface area (Å²) in [6.07, 6.45) is 3.22. The first-order chi connectivity index (χ1) is 13.0. The molecule has 2 rings (SSSR count). The summed E-state index contributed by atoms with van der Waals surface area (Å²) in [6, 6.07) is 8.52. The summed E-state index contributed by atoms with van der Waals surface area (Å²) >= 11 is 0. The van der Waals surface area contributed by atoms with Gasteiger partial charge in [-0.15, -0.1) is 24.0 Å². The molecule has 5 nitrogen and oxygen atoms in total. The number of benzene rings is 1. The Morgan fingerprint density at radius 1 is 1.18 bits per heavy atom. The number of hydrogen-bond acceptors (Lipinski definition) is 3. The molecule has 0 aromatic heterocycles. The maximum atomic E-state index is 6.14. The van der Waals surface area contributed by atoms with Gasteiger partial charge in [0, 0.05) is 25.1 Å². The van der Waals surface area contributed by atoms with Crippen LogP contribution in [0, 0.1) is 0 Å². The van der Waals surface area contributed by atoms with Crippen LogP contribution in [0.3, 0.4) is 0 Å². The number of ether oxygens (including phenoxy) is 1. The minimum Gasteiger partial charge on any atom is -0.487 e. The summed E-state index contributed by atoms with van der Waals surface area (Å²) in [5.74, 6) is 1.87. The molecule has 1 aliphatic rings. The quantitative estimate of drug-likeness (QED) is 0.225. The third-order valence-electron chi connectivity index (χ3n) is 5.08. The molecule has 0 saturated heterocycles. The van der Waals surface area contributed by atoms with E-state index in [9.17, 15) is 0 Å². The molecule has 28 heavy (non-hydrogen) atoms. The highest BCUT2D eigenvalue weighted by molar-refractivity contribution is 14.0. The number of para-hydroxylation sites is 1. The Kier molecular flexibility index (Phi) is 11.2. The van der Waals surface area contributed by atoms with Gasteiger partial charge in [0.15, 0.2) is 5.96 Å². The maximum absolute atomic E-state index is 6.14. The van der Waals surface area contributed by atoms with Gasteiger partial charge in [0.25, 0.3) is 0 Å². The predicted molar refractivity (Wildman–Crippen MR) is 130 cm³/mol. The molecule has 6 heteroatoms. The lowest BCUT2D eigenvalue weighted by Crippen LogP contribution is -2.45. The first-order valence-electron chi connectivity index (χ1n) is 10.5. The van der Waals surface area contributed by atoms with Crippen molar-refractivity contribution < 1.29 is 4.74 Å². The molecule has 1 heterocycles. The van der Waals surface area contributed by atoms with E-state index in [4.69, 9.17) is 9.73 Å². The average molecular weight is 502 g/mol. The Balaban J connectivity index is 0.00000392. The molecule has 2 N–H and O–H groups in total. The van der Waals surface area contributed by atoms with Crippen LogP contribution >= 0.6 is 24.0 Å². The molecule has 1 aliphatic heterocycles. The van der Waals surface area contributed by atoms with Crippen LogP contribution < -0.4 is 15.4 Å². The van der Waals surface area contributed by atoms with E-state index >= 15 is 0 Å². The molecule has 0 fully saturated rings. The topological polar surface area (TPSA) is 48.9 Å². The van der Waals surface area contributed by atoms with E-state index in [0.717, 1.165) is 57.3 Å². The van der Waals surface area contributed by atoms with Gasteiger partial charge in [-0.3, -0.25) is 4.99 Å². The van der Waals surface area contributed by atoms with Gasteiger partial charge in [-0.1, -0.05) is 32.0 Å². The number of aliphatic imine (C=N–C) groups is 1. The maximum Gasteiger partial charge on any atom is 0.191 e. The summed E-state index contributed by atoms with van der Waals surface area (Å²) < 4.78 is 6.14. The van der Waals surface area contributed by atoms with Crippen molar-refractivity contribution in [1.29, 1.82) is 0 Å². The van der Waals surface area contributed by atoms with Crippen molar-refractivity contribution in [1.82, 2.24) is 15.5 Å². The zero-order chi connectivity index (χ0) is 19.7. The predicted octanol–water partition coefficient (Wildman–Crippen LogP) is 4.58. The number of fused-ring (bicyclic) bond motifs is 1. The highest BCUT2D eigenvalue weighted by Crippen LogP contribution is 2.39. The Morgan fingerprint density at radius 2 is 1.89 bits per heavy atom. The standard InChI is InChI=1S/C22H38N4O.HI/c1-6-23-21(24-15-11-12-16-26(7-2)8-3)25-19-17-22(4,5)27-20-14-10-9-13-18(19)20;/h9-10,13-14,19H,6-8,11-12,15-17H2,1-5H3,(H2,23,24,25);1H. The van der Waals surface area contributed by atoms with Crippen LogP contribution in [0.5, 0.6) is 5.75 Å². The third kappa shape index (κ3) is 7.78. The van der Waals surface area contributed by atoms with Gasteiger partial charge in [-0.25, -0.2) is 0 Å². The minimum atomic E-state index is -0.187.